The number of likely N-dealkylation sites (tertiary alicyclic amines) is 1. The Hall–Kier alpha value is -2.71. The topological polar surface area (TPSA) is 91.0 Å². The Morgan fingerprint density at radius 3 is 2.62 bits per heavy atom. The second-order valence-electron chi connectivity index (χ2n) is 10.3. The van der Waals surface area contributed by atoms with E-state index in [0.717, 1.165) is 57.4 Å². The zero-order chi connectivity index (χ0) is 23.6. The molecule has 1 aromatic heterocycles. The molecule has 0 unspecified atom stereocenters. The smallest absolute Gasteiger partial charge is 0.331 e. The van der Waals surface area contributed by atoms with E-state index >= 15 is 0 Å². The van der Waals surface area contributed by atoms with E-state index < -0.39 is 5.54 Å². The number of aromatic nitrogens is 1. The summed E-state index contributed by atoms with van der Waals surface area (Å²) in [5.74, 6) is 0.282. The third-order valence-corrected chi connectivity index (χ3v) is 8.16. The molecule has 5 heterocycles. The molecule has 4 fully saturated rings. The van der Waals surface area contributed by atoms with Crippen molar-refractivity contribution in [3.05, 3.63) is 48.2 Å². The Balaban J connectivity index is 1.34. The van der Waals surface area contributed by atoms with E-state index in [0.29, 0.717) is 29.3 Å². The first-order valence-electron chi connectivity index (χ1n) is 12.5. The Bertz CT molecular complexity index is 995. The number of benzene rings is 1. The molecule has 0 amide bonds. The van der Waals surface area contributed by atoms with E-state index in [-0.39, 0.29) is 18.0 Å². The van der Waals surface area contributed by atoms with Gasteiger partial charge in [-0.05, 0) is 38.4 Å². The number of hydrogen-bond donors (Lipinski definition) is 0. The normalized spacial score (nSPS) is 29.5. The first-order valence-corrected chi connectivity index (χ1v) is 12.5. The third kappa shape index (κ3) is 4.49. The minimum Gasteiger partial charge on any atom is -0.858 e. The average Bonchev–Trinajstić information content (AvgIpc) is 3.37. The van der Waals surface area contributed by atoms with Gasteiger partial charge in [0.15, 0.2) is 11.9 Å². The highest BCUT2D eigenvalue weighted by Crippen LogP contribution is 2.38. The number of ether oxygens (including phenoxy) is 1. The second-order valence-corrected chi connectivity index (χ2v) is 10.3. The van der Waals surface area contributed by atoms with Crippen LogP contribution in [0.15, 0.2) is 52.2 Å². The maximum atomic E-state index is 13.9. The number of carbonyl (C=O) groups excluding carboxylic acids is 1. The number of fused-ring (bicyclic) bond motifs is 3. The van der Waals surface area contributed by atoms with Crippen LogP contribution in [0.2, 0.25) is 0 Å². The van der Waals surface area contributed by atoms with Gasteiger partial charge in [-0.2, -0.15) is 0 Å². The van der Waals surface area contributed by atoms with Gasteiger partial charge >= 0.3 is 5.97 Å². The van der Waals surface area contributed by atoms with Crippen molar-refractivity contribution in [1.82, 2.24) is 10.1 Å². The summed E-state index contributed by atoms with van der Waals surface area (Å²) in [6, 6.07) is 11.6. The molecule has 2 atom stereocenters. The number of carbonyl (C=O) groups is 1. The highest BCUT2D eigenvalue weighted by atomic mass is 16.5. The number of aliphatic imine (C=N–C) groups is 1. The summed E-state index contributed by atoms with van der Waals surface area (Å²) in [4.78, 5) is 20.2. The van der Waals surface area contributed by atoms with Gasteiger partial charge in [0.2, 0.25) is 0 Å². The zero-order valence-corrected chi connectivity index (χ0v) is 19.9. The summed E-state index contributed by atoms with van der Waals surface area (Å²) in [6.45, 7) is 6.61. The minimum absolute atomic E-state index is 0.170. The molecule has 0 spiro atoms. The van der Waals surface area contributed by atoms with Crippen molar-refractivity contribution in [3.63, 3.8) is 0 Å². The molecule has 182 valence electrons. The summed E-state index contributed by atoms with van der Waals surface area (Å²) >= 11 is 0. The summed E-state index contributed by atoms with van der Waals surface area (Å²) in [6.07, 6.45) is 6.54. The maximum Gasteiger partial charge on any atom is 0.331 e. The Labute approximate surface area is 200 Å². The van der Waals surface area contributed by atoms with Gasteiger partial charge in [0.05, 0.1) is 13.1 Å². The van der Waals surface area contributed by atoms with Gasteiger partial charge in [0.25, 0.3) is 0 Å². The van der Waals surface area contributed by atoms with E-state index in [4.69, 9.17) is 9.26 Å². The third-order valence-electron chi connectivity index (χ3n) is 8.16. The quantitative estimate of drug-likeness (QED) is 0.270. The van der Waals surface area contributed by atoms with E-state index in [9.17, 15) is 9.90 Å². The van der Waals surface area contributed by atoms with Crippen molar-refractivity contribution in [3.8, 4) is 0 Å². The van der Waals surface area contributed by atoms with Gasteiger partial charge in [-0.3, -0.25) is 4.90 Å². The van der Waals surface area contributed by atoms with Crippen molar-refractivity contribution in [2.24, 2.45) is 10.9 Å². The predicted octanol–water partition coefficient (Wildman–Crippen LogP) is 2.62. The summed E-state index contributed by atoms with van der Waals surface area (Å²) in [7, 11) is 0. The van der Waals surface area contributed by atoms with Crippen LogP contribution in [0, 0.1) is 5.92 Å². The number of piperidine rings is 4. The lowest BCUT2D eigenvalue weighted by Crippen LogP contribution is -2.67. The van der Waals surface area contributed by atoms with Gasteiger partial charge in [-0.25, -0.2) is 9.79 Å². The van der Waals surface area contributed by atoms with Crippen LogP contribution in [-0.2, 0) is 15.1 Å². The monoisotopic (exact) mass is 466 g/mol. The van der Waals surface area contributed by atoms with Crippen LogP contribution in [0.5, 0.6) is 0 Å². The molecule has 0 aliphatic carbocycles. The van der Waals surface area contributed by atoms with Crippen LogP contribution in [0.4, 0.5) is 5.82 Å². The molecule has 1 aromatic carbocycles. The van der Waals surface area contributed by atoms with Crippen LogP contribution in [0.1, 0.15) is 44.6 Å². The Morgan fingerprint density at radius 1 is 1.21 bits per heavy atom. The standard InChI is InChI=1S/C26H34N4O4/c1-26(21-8-4-2-5-9-21,29-13-6-3-7-14-29)25(32)34-22-18-30(15-10-20(22)11-16-30)19-24(31)27-23-12-17-33-28-23/h2,4-5,8-9,12,17,20,22H,3,6-7,10-11,13-16,18-19H2,1H3/t20?,22-,26+,30?/m1/s1. The molecule has 2 aromatic rings. The van der Waals surface area contributed by atoms with Crippen molar-refractivity contribution < 1.29 is 23.6 Å². The fraction of sp³-hybridized carbons (Fsp3) is 0.577. The molecule has 4 aliphatic heterocycles. The van der Waals surface area contributed by atoms with E-state index in [1.165, 1.54) is 12.7 Å². The van der Waals surface area contributed by atoms with E-state index in [1.54, 1.807) is 6.07 Å². The molecule has 0 radical (unpaired) electrons. The SMILES string of the molecule is C[C@@](C(=O)O[C@@H]1C[N+]2(CC([O-])=Nc3ccon3)CCC1CC2)(c1ccccc1)N1CCCCC1. The van der Waals surface area contributed by atoms with Crippen LogP contribution in [-0.4, -0.2) is 71.8 Å². The fourth-order valence-corrected chi connectivity index (χ4v) is 6.08. The van der Waals surface area contributed by atoms with Crippen molar-refractivity contribution in [2.45, 2.75) is 50.7 Å². The average molecular weight is 467 g/mol. The molecule has 4 saturated heterocycles. The van der Waals surface area contributed by atoms with Gasteiger partial charge in [0, 0.05) is 30.7 Å². The lowest BCUT2D eigenvalue weighted by molar-refractivity contribution is -0.940. The van der Waals surface area contributed by atoms with Crippen molar-refractivity contribution >= 4 is 17.7 Å². The highest BCUT2D eigenvalue weighted by molar-refractivity contribution is 5.82. The largest absolute Gasteiger partial charge is 0.858 e. The van der Waals surface area contributed by atoms with Crippen molar-refractivity contribution in [1.29, 1.82) is 0 Å². The first kappa shape index (κ1) is 23.1. The maximum absolute atomic E-state index is 13.9. The fourth-order valence-electron chi connectivity index (χ4n) is 6.08. The molecule has 34 heavy (non-hydrogen) atoms. The molecule has 2 bridgehead atoms. The van der Waals surface area contributed by atoms with E-state index in [2.05, 4.69) is 15.0 Å². The Kier molecular flexibility index (Phi) is 6.44. The van der Waals surface area contributed by atoms with E-state index in [1.807, 2.05) is 37.3 Å². The van der Waals surface area contributed by atoms with Gasteiger partial charge in [-0.15, -0.1) is 0 Å². The van der Waals surface area contributed by atoms with Crippen LogP contribution >= 0.6 is 0 Å². The molecule has 4 aliphatic rings. The number of quaternary nitrogens is 1. The van der Waals surface area contributed by atoms with Crippen LogP contribution < -0.4 is 5.11 Å². The minimum atomic E-state index is -0.809. The molecule has 0 N–H and O–H groups in total. The van der Waals surface area contributed by atoms with Crippen LogP contribution in [0.25, 0.3) is 0 Å². The molecule has 0 saturated carbocycles. The van der Waals surface area contributed by atoms with Crippen molar-refractivity contribution in [2.75, 3.05) is 39.3 Å². The number of rotatable bonds is 7. The number of hydrogen-bond acceptors (Lipinski definition) is 7. The van der Waals surface area contributed by atoms with Gasteiger partial charge in [0.1, 0.15) is 24.9 Å². The number of esters is 1. The van der Waals surface area contributed by atoms with Gasteiger partial charge in [-0.1, -0.05) is 41.9 Å². The summed E-state index contributed by atoms with van der Waals surface area (Å²) < 4.78 is 11.8. The Morgan fingerprint density at radius 2 is 1.94 bits per heavy atom. The molecular formula is C26H34N4O4. The van der Waals surface area contributed by atoms with Gasteiger partial charge < -0.3 is 18.8 Å². The second kappa shape index (κ2) is 9.50. The summed E-state index contributed by atoms with van der Waals surface area (Å²) in [5, 5.41) is 16.4. The zero-order valence-electron chi connectivity index (χ0n) is 19.9. The predicted molar refractivity (Wildman–Crippen MR) is 125 cm³/mol. The lowest BCUT2D eigenvalue weighted by atomic mass is 9.82. The highest BCUT2D eigenvalue weighted by Gasteiger charge is 2.50. The lowest BCUT2D eigenvalue weighted by Gasteiger charge is -2.53. The number of nitrogens with zero attached hydrogens (tertiary/aromatic N) is 4. The summed E-state index contributed by atoms with van der Waals surface area (Å²) in [5.41, 5.74) is 0.171. The first-order chi connectivity index (χ1) is 16.5. The molecule has 8 nitrogen and oxygen atoms in total. The van der Waals surface area contributed by atoms with Crippen LogP contribution in [0.3, 0.4) is 0 Å². The molecule has 6 rings (SSSR count). The molecular weight excluding hydrogens is 432 g/mol. The molecule has 8 heteroatoms.